The second-order valence-corrected chi connectivity index (χ2v) is 11.3. The average molecular weight is 433 g/mol. The molecule has 1 nitrogen and oxygen atoms in total. The number of hydrogen-bond acceptors (Lipinski definition) is 1. The maximum Gasteiger partial charge on any atom is 0.111 e. The van der Waals surface area contributed by atoms with E-state index < -0.39 is 7.26 Å². The van der Waals surface area contributed by atoms with Gasteiger partial charge in [-0.1, -0.05) is 78.3 Å². The van der Waals surface area contributed by atoms with Crippen molar-refractivity contribution in [2.45, 2.75) is 13.8 Å². The van der Waals surface area contributed by atoms with E-state index >= 15 is 0 Å². The summed E-state index contributed by atoms with van der Waals surface area (Å²) in [6.07, 6.45) is 1.14. The van der Waals surface area contributed by atoms with Crippen LogP contribution in [0.1, 0.15) is 12.5 Å². The summed E-state index contributed by atoms with van der Waals surface area (Å²) in [5, 5.41) is 15.6. The van der Waals surface area contributed by atoms with Gasteiger partial charge < -0.3 is 5.11 Å². The van der Waals surface area contributed by atoms with Crippen LogP contribution in [-0.4, -0.2) is 6.16 Å². The highest BCUT2D eigenvalue weighted by molar-refractivity contribution is 7.95. The maximum atomic E-state index is 10.6. The lowest BCUT2D eigenvalue weighted by atomic mass is 10.2. The van der Waals surface area contributed by atoms with Gasteiger partial charge in [-0.05, 0) is 61.9 Å². The summed E-state index contributed by atoms with van der Waals surface area (Å²) in [7, 11) is -1.53. The molecule has 0 amide bonds. The number of hydrogen-bond donors (Lipinski definition) is 0. The molecule has 4 rings (SSSR count). The Hall–Kier alpha value is -2.60. The second kappa shape index (κ2) is 10.4. The molecule has 0 heterocycles. The van der Waals surface area contributed by atoms with Crippen molar-refractivity contribution in [3.8, 4) is 5.75 Å². The molecular formula is C27H26ClOP. The fourth-order valence-corrected chi connectivity index (χ4v) is 7.81. The van der Waals surface area contributed by atoms with E-state index in [1.807, 2.05) is 6.92 Å². The molecule has 4 aromatic carbocycles. The Morgan fingerprint density at radius 2 is 1.07 bits per heavy atom. The van der Waals surface area contributed by atoms with E-state index in [0.717, 1.165) is 11.7 Å². The summed E-state index contributed by atoms with van der Waals surface area (Å²) in [5.41, 5.74) is 0.837. The minimum absolute atomic E-state index is 0.0110. The van der Waals surface area contributed by atoms with Crippen LogP contribution in [0.4, 0.5) is 0 Å². The van der Waals surface area contributed by atoms with E-state index in [0.29, 0.717) is 5.02 Å². The second-order valence-electron chi connectivity index (χ2n) is 7.04. The van der Waals surface area contributed by atoms with Crippen molar-refractivity contribution in [1.29, 1.82) is 0 Å². The zero-order valence-electron chi connectivity index (χ0n) is 17.3. The molecule has 0 unspecified atom stereocenters. The van der Waals surface area contributed by atoms with Crippen LogP contribution in [0.2, 0.25) is 5.02 Å². The van der Waals surface area contributed by atoms with Gasteiger partial charge in [0, 0.05) is 5.02 Å². The highest BCUT2D eigenvalue weighted by atomic mass is 35.5. The zero-order chi connectivity index (χ0) is 21.4. The van der Waals surface area contributed by atoms with Gasteiger partial charge >= 0.3 is 0 Å². The number of benzene rings is 4. The summed E-state index contributed by atoms with van der Waals surface area (Å²) in [6, 6.07) is 37.6. The van der Waals surface area contributed by atoms with Crippen molar-refractivity contribution in [3.63, 3.8) is 0 Å². The van der Waals surface area contributed by atoms with Crippen LogP contribution >= 0.6 is 18.9 Å². The molecule has 0 aliphatic rings. The van der Waals surface area contributed by atoms with Crippen molar-refractivity contribution < 1.29 is 5.11 Å². The first-order valence-electron chi connectivity index (χ1n) is 10.1. The van der Waals surface area contributed by atoms with Crippen molar-refractivity contribution in [3.05, 3.63) is 120 Å². The van der Waals surface area contributed by atoms with Crippen molar-refractivity contribution in [1.82, 2.24) is 0 Å². The molecule has 0 N–H and O–H groups in total. The lowest BCUT2D eigenvalue weighted by molar-refractivity contribution is -0.268. The van der Waals surface area contributed by atoms with E-state index in [1.165, 1.54) is 28.0 Å². The molecule has 3 heteroatoms. The minimum atomic E-state index is -1.53. The Balaban J connectivity index is 0.000000239. The van der Waals surface area contributed by atoms with Gasteiger partial charge in [0.25, 0.3) is 0 Å². The van der Waals surface area contributed by atoms with Gasteiger partial charge in [-0.25, -0.2) is 0 Å². The minimum Gasteiger partial charge on any atom is -0.872 e. The first-order valence-corrected chi connectivity index (χ1v) is 12.4. The van der Waals surface area contributed by atoms with E-state index in [-0.39, 0.29) is 5.75 Å². The van der Waals surface area contributed by atoms with Crippen LogP contribution in [0.15, 0.2) is 109 Å². The summed E-state index contributed by atoms with van der Waals surface area (Å²) in [6.45, 7) is 4.13. The van der Waals surface area contributed by atoms with Gasteiger partial charge in [0.1, 0.15) is 23.2 Å². The normalized spacial score (nSPS) is 10.8. The Bertz CT molecular complexity index is 953. The number of halogens is 1. The third-order valence-corrected chi connectivity index (χ3v) is 10.1. The molecule has 0 saturated heterocycles. The third-order valence-electron chi connectivity index (χ3n) is 5.19. The lowest BCUT2D eigenvalue weighted by Gasteiger charge is -2.26. The quantitative estimate of drug-likeness (QED) is 0.378. The van der Waals surface area contributed by atoms with Crippen molar-refractivity contribution in [2.24, 2.45) is 0 Å². The third kappa shape index (κ3) is 4.93. The zero-order valence-corrected chi connectivity index (χ0v) is 19.0. The van der Waals surface area contributed by atoms with Crippen LogP contribution in [-0.2, 0) is 0 Å². The highest BCUT2D eigenvalue weighted by Gasteiger charge is 2.43. The van der Waals surface area contributed by atoms with Gasteiger partial charge in [-0.2, -0.15) is 0 Å². The SMILES string of the molecule is CC[P+](c1ccccc1)(c1ccccc1)c1ccccc1.Cc1cc([O-])ccc1Cl. The van der Waals surface area contributed by atoms with Crippen molar-refractivity contribution in [2.75, 3.05) is 6.16 Å². The predicted molar refractivity (Wildman–Crippen MR) is 131 cm³/mol. The molecule has 0 aliphatic carbocycles. The Morgan fingerprint density at radius 1 is 0.667 bits per heavy atom. The molecule has 4 aromatic rings. The molecule has 0 spiro atoms. The molecular weight excluding hydrogens is 407 g/mol. The molecule has 152 valence electrons. The molecule has 0 radical (unpaired) electrons. The van der Waals surface area contributed by atoms with E-state index in [2.05, 4.69) is 97.9 Å². The molecule has 0 atom stereocenters. The Morgan fingerprint density at radius 3 is 1.37 bits per heavy atom. The molecule has 0 aliphatic heterocycles. The fraction of sp³-hybridized carbons (Fsp3) is 0.111. The van der Waals surface area contributed by atoms with Gasteiger partial charge in [0.15, 0.2) is 0 Å². The van der Waals surface area contributed by atoms with Gasteiger partial charge in [0.2, 0.25) is 0 Å². The Kier molecular flexibility index (Phi) is 7.69. The Labute approximate surface area is 185 Å². The topological polar surface area (TPSA) is 23.1 Å². The molecule has 0 aromatic heterocycles. The summed E-state index contributed by atoms with van der Waals surface area (Å²) in [4.78, 5) is 0. The van der Waals surface area contributed by atoms with Gasteiger partial charge in [-0.3, -0.25) is 0 Å². The maximum absolute atomic E-state index is 10.6. The van der Waals surface area contributed by atoms with E-state index in [1.54, 1.807) is 6.07 Å². The van der Waals surface area contributed by atoms with Crippen LogP contribution in [0, 0.1) is 6.92 Å². The monoisotopic (exact) mass is 432 g/mol. The van der Waals surface area contributed by atoms with Crippen LogP contribution in [0.3, 0.4) is 0 Å². The molecule has 0 fully saturated rings. The predicted octanol–water partition coefficient (Wildman–Crippen LogP) is 5.72. The van der Waals surface area contributed by atoms with Gasteiger partial charge in [0.05, 0.1) is 6.16 Å². The summed E-state index contributed by atoms with van der Waals surface area (Å²) in [5.74, 6) is 0.0110. The summed E-state index contributed by atoms with van der Waals surface area (Å²) >= 11 is 5.64. The molecule has 30 heavy (non-hydrogen) atoms. The van der Waals surface area contributed by atoms with E-state index in [4.69, 9.17) is 11.6 Å². The van der Waals surface area contributed by atoms with E-state index in [9.17, 15) is 5.11 Å². The number of rotatable bonds is 4. The highest BCUT2D eigenvalue weighted by Crippen LogP contribution is 2.54. The molecule has 0 bridgehead atoms. The lowest BCUT2D eigenvalue weighted by Crippen LogP contribution is -2.32. The van der Waals surface area contributed by atoms with Crippen LogP contribution in [0.25, 0.3) is 0 Å². The van der Waals surface area contributed by atoms with Gasteiger partial charge in [-0.15, -0.1) is 5.75 Å². The largest absolute Gasteiger partial charge is 0.872 e. The first-order chi connectivity index (χ1) is 14.6. The standard InChI is InChI=1S/C20H20P.C7H7ClO/c1-2-21(18-12-6-3-7-13-18,19-14-8-4-9-15-19)20-16-10-5-11-17-20;1-5-4-6(9)2-3-7(5)8/h3-17H,2H2,1H3;2-4,9H,1H3/q+1;/p-1. The first kappa shape index (κ1) is 22.1. The van der Waals surface area contributed by atoms with Crippen LogP contribution < -0.4 is 21.0 Å². The average Bonchev–Trinajstić information content (AvgIpc) is 2.80. The van der Waals surface area contributed by atoms with Crippen LogP contribution in [0.5, 0.6) is 5.75 Å². The smallest absolute Gasteiger partial charge is 0.111 e. The number of aryl methyl sites for hydroxylation is 1. The van der Waals surface area contributed by atoms with Crippen molar-refractivity contribution >= 4 is 34.8 Å². The fourth-order valence-electron chi connectivity index (χ4n) is 3.66. The molecule has 0 saturated carbocycles. The summed E-state index contributed by atoms with van der Waals surface area (Å²) < 4.78 is 0.